The first-order chi connectivity index (χ1) is 8.66. The minimum atomic E-state index is -0.885. The van der Waals surface area contributed by atoms with Crippen LogP contribution in [0, 0.1) is 0 Å². The van der Waals surface area contributed by atoms with E-state index in [1.807, 2.05) is 6.08 Å². The summed E-state index contributed by atoms with van der Waals surface area (Å²) in [5.41, 5.74) is 4.45. The van der Waals surface area contributed by atoms with Gasteiger partial charge in [0.2, 0.25) is 0 Å². The zero-order valence-electron chi connectivity index (χ0n) is 10.1. The topological polar surface area (TPSA) is 49.7 Å². The van der Waals surface area contributed by atoms with Gasteiger partial charge in [0.25, 0.3) is 0 Å². The first kappa shape index (κ1) is 11.0. The first-order valence-corrected chi connectivity index (χ1v) is 5.98. The molecule has 1 aromatic rings. The van der Waals surface area contributed by atoms with Crippen LogP contribution in [0.15, 0.2) is 35.5 Å². The summed E-state index contributed by atoms with van der Waals surface area (Å²) in [5, 5.41) is 9.19. The highest BCUT2D eigenvalue weighted by molar-refractivity contribution is 6.08. The van der Waals surface area contributed by atoms with Crippen LogP contribution in [0.25, 0.3) is 6.08 Å². The van der Waals surface area contributed by atoms with Crippen LogP contribution >= 0.6 is 0 Å². The van der Waals surface area contributed by atoms with E-state index in [9.17, 15) is 9.90 Å². The summed E-state index contributed by atoms with van der Waals surface area (Å²) in [6, 6.07) is 3.50. The number of carbonyl (C=O) groups is 1. The maximum atomic E-state index is 11.2. The van der Waals surface area contributed by atoms with E-state index >= 15 is 0 Å². The van der Waals surface area contributed by atoms with Gasteiger partial charge in [-0.2, -0.15) is 0 Å². The highest BCUT2D eigenvalue weighted by Crippen LogP contribution is 2.34. The van der Waals surface area contributed by atoms with Gasteiger partial charge in [0.1, 0.15) is 0 Å². The molecule has 3 rings (SSSR count). The van der Waals surface area contributed by atoms with E-state index in [0.717, 1.165) is 28.8 Å². The van der Waals surface area contributed by atoms with Crippen molar-refractivity contribution in [1.29, 1.82) is 0 Å². The molecule has 3 nitrogen and oxygen atoms in total. The quantitative estimate of drug-likeness (QED) is 0.861. The lowest BCUT2D eigenvalue weighted by Crippen LogP contribution is -2.07. The lowest BCUT2D eigenvalue weighted by molar-refractivity contribution is 0.0696. The Bertz CT molecular complexity index is 624. The molecule has 0 radical (unpaired) electrons. The highest BCUT2D eigenvalue weighted by Gasteiger charge is 2.22. The minimum absolute atomic E-state index is 0.271. The highest BCUT2D eigenvalue weighted by atomic mass is 16.4. The van der Waals surface area contributed by atoms with Crippen molar-refractivity contribution >= 4 is 17.8 Å². The zero-order chi connectivity index (χ0) is 12.7. The van der Waals surface area contributed by atoms with Crippen LogP contribution in [0.1, 0.15) is 46.3 Å². The standard InChI is InChI=1S/C15H13NO2/c1-9-4-5-11-12(9)7-10(15(17)18)8-13(11)14-3-2-6-16-14/h2,4-9H,3H2,1H3,(H,17,18). The number of aliphatic imine (C=N–C) groups is 1. The molecule has 0 saturated carbocycles. The van der Waals surface area contributed by atoms with E-state index in [4.69, 9.17) is 0 Å². The zero-order valence-corrected chi connectivity index (χ0v) is 10.1. The number of hydrogen-bond acceptors (Lipinski definition) is 2. The van der Waals surface area contributed by atoms with Crippen LogP contribution in [-0.2, 0) is 0 Å². The second-order valence-corrected chi connectivity index (χ2v) is 4.64. The molecule has 0 spiro atoms. The Morgan fingerprint density at radius 2 is 2.28 bits per heavy atom. The fourth-order valence-electron chi connectivity index (χ4n) is 2.48. The molecule has 1 aliphatic heterocycles. The van der Waals surface area contributed by atoms with Gasteiger partial charge in [-0.3, -0.25) is 4.99 Å². The molecule has 1 aliphatic carbocycles. The first-order valence-electron chi connectivity index (χ1n) is 5.98. The molecule has 90 valence electrons. The van der Waals surface area contributed by atoms with Gasteiger partial charge >= 0.3 is 5.97 Å². The van der Waals surface area contributed by atoms with Gasteiger partial charge in [-0.25, -0.2) is 4.79 Å². The average molecular weight is 239 g/mol. The van der Waals surface area contributed by atoms with Crippen molar-refractivity contribution in [3.63, 3.8) is 0 Å². The summed E-state index contributed by atoms with van der Waals surface area (Å²) in [4.78, 5) is 15.5. The number of carboxylic acid groups (broad SMARTS) is 1. The number of hydrogen-bond donors (Lipinski definition) is 1. The number of benzene rings is 1. The molecule has 2 aliphatic rings. The van der Waals surface area contributed by atoms with Crippen molar-refractivity contribution in [2.24, 2.45) is 4.99 Å². The van der Waals surface area contributed by atoms with Crippen molar-refractivity contribution in [3.8, 4) is 0 Å². The second kappa shape index (κ2) is 3.95. The summed E-state index contributed by atoms with van der Waals surface area (Å²) < 4.78 is 0. The number of fused-ring (bicyclic) bond motifs is 1. The van der Waals surface area contributed by atoms with Crippen molar-refractivity contribution in [2.75, 3.05) is 0 Å². The Morgan fingerprint density at radius 1 is 1.44 bits per heavy atom. The second-order valence-electron chi connectivity index (χ2n) is 4.64. The Morgan fingerprint density at radius 3 is 2.94 bits per heavy atom. The molecule has 3 heteroatoms. The molecular weight excluding hydrogens is 226 g/mol. The molecule has 1 heterocycles. The lowest BCUT2D eigenvalue weighted by atomic mass is 9.92. The van der Waals surface area contributed by atoms with Gasteiger partial charge < -0.3 is 5.11 Å². The van der Waals surface area contributed by atoms with Gasteiger partial charge in [-0.15, -0.1) is 0 Å². The van der Waals surface area contributed by atoms with Crippen LogP contribution < -0.4 is 0 Å². The van der Waals surface area contributed by atoms with E-state index in [1.54, 1.807) is 18.3 Å². The van der Waals surface area contributed by atoms with Gasteiger partial charge in [0.15, 0.2) is 0 Å². The van der Waals surface area contributed by atoms with Gasteiger partial charge in [0.05, 0.1) is 11.3 Å². The SMILES string of the molecule is CC1C=Cc2c(C3=NC=CC3)cc(C(=O)O)cc21. The van der Waals surface area contributed by atoms with Crippen LogP contribution in [0.4, 0.5) is 0 Å². The third kappa shape index (κ3) is 1.59. The third-order valence-corrected chi connectivity index (χ3v) is 3.46. The van der Waals surface area contributed by atoms with E-state index in [1.165, 1.54) is 0 Å². The molecule has 1 unspecified atom stereocenters. The van der Waals surface area contributed by atoms with E-state index in [0.29, 0.717) is 5.56 Å². The van der Waals surface area contributed by atoms with Crippen molar-refractivity contribution in [2.45, 2.75) is 19.3 Å². The van der Waals surface area contributed by atoms with Crippen LogP contribution in [-0.4, -0.2) is 16.8 Å². The molecule has 18 heavy (non-hydrogen) atoms. The lowest BCUT2D eigenvalue weighted by Gasteiger charge is -2.12. The number of rotatable bonds is 2. The number of carboxylic acids is 1. The maximum Gasteiger partial charge on any atom is 0.335 e. The minimum Gasteiger partial charge on any atom is -0.478 e. The van der Waals surface area contributed by atoms with Crippen molar-refractivity contribution in [1.82, 2.24) is 0 Å². The number of aromatic carboxylic acids is 1. The fourth-order valence-corrected chi connectivity index (χ4v) is 2.48. The molecule has 1 atom stereocenters. The van der Waals surface area contributed by atoms with Gasteiger partial charge in [0, 0.05) is 18.2 Å². The summed E-state index contributed by atoms with van der Waals surface area (Å²) in [5.74, 6) is -0.613. The maximum absolute atomic E-state index is 11.2. The number of allylic oxidation sites excluding steroid dienone is 2. The van der Waals surface area contributed by atoms with Crippen LogP contribution in [0.5, 0.6) is 0 Å². The molecule has 0 aromatic heterocycles. The molecule has 0 saturated heterocycles. The molecular formula is C15H13NO2. The Kier molecular flexibility index (Phi) is 2.40. The molecule has 0 fully saturated rings. The van der Waals surface area contributed by atoms with Gasteiger partial charge in [-0.05, 0) is 29.2 Å². The summed E-state index contributed by atoms with van der Waals surface area (Å²) in [6.45, 7) is 2.08. The summed E-state index contributed by atoms with van der Waals surface area (Å²) in [7, 11) is 0. The average Bonchev–Trinajstić information content (AvgIpc) is 2.98. The van der Waals surface area contributed by atoms with E-state index in [2.05, 4.69) is 24.1 Å². The third-order valence-electron chi connectivity index (χ3n) is 3.46. The fraction of sp³-hybridized carbons (Fsp3) is 0.200. The van der Waals surface area contributed by atoms with Crippen LogP contribution in [0.3, 0.4) is 0 Å². The Balaban J connectivity index is 2.20. The number of nitrogens with zero attached hydrogens (tertiary/aromatic N) is 1. The molecule has 1 aromatic carbocycles. The summed E-state index contributed by atoms with van der Waals surface area (Å²) in [6.07, 6.45) is 8.71. The van der Waals surface area contributed by atoms with E-state index in [-0.39, 0.29) is 5.92 Å². The summed E-state index contributed by atoms with van der Waals surface area (Å²) >= 11 is 0. The van der Waals surface area contributed by atoms with E-state index < -0.39 is 5.97 Å². The van der Waals surface area contributed by atoms with Crippen LogP contribution in [0.2, 0.25) is 0 Å². The largest absolute Gasteiger partial charge is 0.478 e. The molecule has 0 amide bonds. The Labute approximate surface area is 105 Å². The normalized spacial score (nSPS) is 20.1. The Hall–Kier alpha value is -2.16. The predicted molar refractivity (Wildman–Crippen MR) is 71.1 cm³/mol. The molecule has 1 N–H and O–H groups in total. The van der Waals surface area contributed by atoms with Crippen molar-refractivity contribution in [3.05, 3.63) is 52.7 Å². The molecule has 0 bridgehead atoms. The predicted octanol–water partition coefficient (Wildman–Crippen LogP) is 3.22. The smallest absolute Gasteiger partial charge is 0.335 e. The monoisotopic (exact) mass is 239 g/mol. The van der Waals surface area contributed by atoms with Crippen molar-refractivity contribution < 1.29 is 9.90 Å². The van der Waals surface area contributed by atoms with Gasteiger partial charge in [-0.1, -0.05) is 25.2 Å².